The Hall–Kier alpha value is -1.77. The van der Waals surface area contributed by atoms with Crippen molar-refractivity contribution in [2.24, 2.45) is 0 Å². The van der Waals surface area contributed by atoms with Crippen molar-refractivity contribution in [3.63, 3.8) is 0 Å². The molecule has 0 saturated carbocycles. The number of H-pyrrole nitrogens is 1. The average molecular weight is 215 g/mol. The number of hydrogen-bond donors (Lipinski definition) is 2. The summed E-state index contributed by atoms with van der Waals surface area (Å²) in [5.41, 5.74) is 3.40. The van der Waals surface area contributed by atoms with Crippen LogP contribution in [-0.4, -0.2) is 16.5 Å². The zero-order valence-electron chi connectivity index (χ0n) is 9.53. The highest BCUT2D eigenvalue weighted by Gasteiger charge is 1.98. The number of hydrogen-bond acceptors (Lipinski definition) is 2. The SMILES string of the molecule is CCCCNc1ccc(-c2cnc[nH]2)cc1. The van der Waals surface area contributed by atoms with Gasteiger partial charge in [0.2, 0.25) is 0 Å². The molecule has 0 aliphatic heterocycles. The summed E-state index contributed by atoms with van der Waals surface area (Å²) in [6.07, 6.45) is 5.96. The van der Waals surface area contributed by atoms with Gasteiger partial charge in [-0.3, -0.25) is 0 Å². The van der Waals surface area contributed by atoms with Crippen LogP contribution < -0.4 is 5.32 Å². The molecule has 0 fully saturated rings. The molecule has 3 heteroatoms. The Kier molecular flexibility index (Phi) is 3.59. The number of nitrogens with zero attached hydrogens (tertiary/aromatic N) is 1. The third-order valence-electron chi connectivity index (χ3n) is 2.55. The summed E-state index contributed by atoms with van der Waals surface area (Å²) in [7, 11) is 0. The van der Waals surface area contributed by atoms with Gasteiger partial charge in [0.05, 0.1) is 18.2 Å². The molecule has 84 valence electrons. The molecule has 3 nitrogen and oxygen atoms in total. The maximum Gasteiger partial charge on any atom is 0.0924 e. The predicted molar refractivity (Wildman–Crippen MR) is 67.4 cm³/mol. The van der Waals surface area contributed by atoms with Gasteiger partial charge in [-0.2, -0.15) is 0 Å². The van der Waals surface area contributed by atoms with Crippen LogP contribution in [0.4, 0.5) is 5.69 Å². The first kappa shape index (κ1) is 10.7. The fraction of sp³-hybridized carbons (Fsp3) is 0.308. The molecule has 1 aromatic heterocycles. The van der Waals surface area contributed by atoms with E-state index >= 15 is 0 Å². The molecule has 0 unspecified atom stereocenters. The molecule has 0 bridgehead atoms. The Morgan fingerprint density at radius 3 is 2.69 bits per heavy atom. The van der Waals surface area contributed by atoms with Crippen LogP contribution in [0.5, 0.6) is 0 Å². The number of unbranched alkanes of at least 4 members (excludes halogenated alkanes) is 1. The van der Waals surface area contributed by atoms with Crippen molar-refractivity contribution >= 4 is 5.69 Å². The molecule has 1 heterocycles. The molecule has 0 aliphatic rings. The van der Waals surface area contributed by atoms with Crippen molar-refractivity contribution < 1.29 is 0 Å². The molecule has 2 aromatic rings. The van der Waals surface area contributed by atoms with Crippen molar-refractivity contribution in [1.29, 1.82) is 0 Å². The van der Waals surface area contributed by atoms with Gasteiger partial charge in [-0.05, 0) is 24.1 Å². The van der Waals surface area contributed by atoms with E-state index in [0.29, 0.717) is 0 Å². The largest absolute Gasteiger partial charge is 0.385 e. The van der Waals surface area contributed by atoms with E-state index in [4.69, 9.17) is 0 Å². The van der Waals surface area contributed by atoms with Gasteiger partial charge >= 0.3 is 0 Å². The van der Waals surface area contributed by atoms with Gasteiger partial charge in [0.15, 0.2) is 0 Å². The van der Waals surface area contributed by atoms with Crippen molar-refractivity contribution in [2.45, 2.75) is 19.8 Å². The van der Waals surface area contributed by atoms with E-state index in [1.807, 2.05) is 6.20 Å². The Morgan fingerprint density at radius 2 is 2.06 bits per heavy atom. The average Bonchev–Trinajstić information content (AvgIpc) is 2.84. The first-order valence-corrected chi connectivity index (χ1v) is 5.73. The van der Waals surface area contributed by atoms with Gasteiger partial charge in [-0.25, -0.2) is 4.98 Å². The van der Waals surface area contributed by atoms with Gasteiger partial charge in [0.25, 0.3) is 0 Å². The molecule has 2 rings (SSSR count). The maximum atomic E-state index is 4.01. The number of rotatable bonds is 5. The van der Waals surface area contributed by atoms with E-state index in [2.05, 4.69) is 46.5 Å². The quantitative estimate of drug-likeness (QED) is 0.751. The van der Waals surface area contributed by atoms with E-state index in [-0.39, 0.29) is 0 Å². The molecule has 2 N–H and O–H groups in total. The molecule has 0 atom stereocenters. The molecule has 0 aliphatic carbocycles. The molecule has 0 saturated heterocycles. The Labute approximate surface area is 95.9 Å². The van der Waals surface area contributed by atoms with Crippen LogP contribution in [0.25, 0.3) is 11.3 Å². The van der Waals surface area contributed by atoms with Gasteiger partial charge in [-0.1, -0.05) is 25.5 Å². The molecular weight excluding hydrogens is 198 g/mol. The number of imidazole rings is 1. The summed E-state index contributed by atoms with van der Waals surface area (Å²) in [6, 6.07) is 8.40. The zero-order valence-corrected chi connectivity index (χ0v) is 9.53. The van der Waals surface area contributed by atoms with Crippen molar-refractivity contribution in [2.75, 3.05) is 11.9 Å². The van der Waals surface area contributed by atoms with E-state index in [9.17, 15) is 0 Å². The van der Waals surface area contributed by atoms with Crippen LogP contribution in [0.3, 0.4) is 0 Å². The summed E-state index contributed by atoms with van der Waals surface area (Å²) in [6.45, 7) is 3.24. The topological polar surface area (TPSA) is 40.7 Å². The highest BCUT2D eigenvalue weighted by Crippen LogP contribution is 2.18. The molecule has 1 aromatic carbocycles. The van der Waals surface area contributed by atoms with E-state index < -0.39 is 0 Å². The highest BCUT2D eigenvalue weighted by molar-refractivity contribution is 5.61. The summed E-state index contributed by atoms with van der Waals surface area (Å²) >= 11 is 0. The third kappa shape index (κ3) is 2.63. The summed E-state index contributed by atoms with van der Waals surface area (Å²) in [4.78, 5) is 7.10. The van der Waals surface area contributed by atoms with Gasteiger partial charge in [0.1, 0.15) is 0 Å². The monoisotopic (exact) mass is 215 g/mol. The maximum absolute atomic E-state index is 4.01. The van der Waals surface area contributed by atoms with Gasteiger partial charge in [0, 0.05) is 12.2 Å². The molecule has 0 spiro atoms. The first-order chi connectivity index (χ1) is 7.90. The highest BCUT2D eigenvalue weighted by atomic mass is 14.9. The van der Waals surface area contributed by atoms with E-state index in [1.165, 1.54) is 24.1 Å². The summed E-state index contributed by atoms with van der Waals surface area (Å²) in [5.74, 6) is 0. The Bertz CT molecular complexity index is 403. The number of aromatic amines is 1. The number of anilines is 1. The fourth-order valence-corrected chi connectivity index (χ4v) is 1.59. The number of aromatic nitrogens is 2. The van der Waals surface area contributed by atoms with Gasteiger partial charge in [-0.15, -0.1) is 0 Å². The minimum atomic E-state index is 1.04. The van der Waals surface area contributed by atoms with E-state index in [0.717, 1.165) is 12.2 Å². The van der Waals surface area contributed by atoms with Crippen molar-refractivity contribution in [1.82, 2.24) is 9.97 Å². The lowest BCUT2D eigenvalue weighted by Gasteiger charge is -2.05. The standard InChI is InChI=1S/C13H17N3/c1-2-3-8-15-12-6-4-11(5-7-12)13-9-14-10-16-13/h4-7,9-10,15H,2-3,8H2,1H3,(H,14,16). The molecule has 0 radical (unpaired) electrons. The van der Waals surface area contributed by atoms with Crippen LogP contribution in [0, 0.1) is 0 Å². The zero-order chi connectivity index (χ0) is 11.2. The smallest absolute Gasteiger partial charge is 0.0924 e. The molecular formula is C13H17N3. The third-order valence-corrected chi connectivity index (χ3v) is 2.55. The van der Waals surface area contributed by atoms with Gasteiger partial charge < -0.3 is 10.3 Å². The van der Waals surface area contributed by atoms with Crippen LogP contribution in [-0.2, 0) is 0 Å². The number of benzene rings is 1. The number of nitrogens with one attached hydrogen (secondary N) is 2. The van der Waals surface area contributed by atoms with Crippen LogP contribution in [0.2, 0.25) is 0 Å². The van der Waals surface area contributed by atoms with Crippen molar-refractivity contribution in [3.05, 3.63) is 36.8 Å². The Morgan fingerprint density at radius 1 is 1.25 bits per heavy atom. The summed E-state index contributed by atoms with van der Waals surface area (Å²) < 4.78 is 0. The fourth-order valence-electron chi connectivity index (χ4n) is 1.59. The lowest BCUT2D eigenvalue weighted by atomic mass is 10.1. The Balaban J connectivity index is 2.00. The molecule has 16 heavy (non-hydrogen) atoms. The van der Waals surface area contributed by atoms with Crippen molar-refractivity contribution in [3.8, 4) is 11.3 Å². The minimum Gasteiger partial charge on any atom is -0.385 e. The van der Waals surface area contributed by atoms with Crippen LogP contribution >= 0.6 is 0 Å². The lowest BCUT2D eigenvalue weighted by molar-refractivity contribution is 0.834. The summed E-state index contributed by atoms with van der Waals surface area (Å²) in [5, 5.41) is 3.39. The minimum absolute atomic E-state index is 1.04. The van der Waals surface area contributed by atoms with Crippen LogP contribution in [0.1, 0.15) is 19.8 Å². The molecule has 0 amide bonds. The van der Waals surface area contributed by atoms with E-state index in [1.54, 1.807) is 6.33 Å². The predicted octanol–water partition coefficient (Wildman–Crippen LogP) is 3.29. The van der Waals surface area contributed by atoms with Crippen LogP contribution in [0.15, 0.2) is 36.8 Å². The second-order valence-electron chi connectivity index (χ2n) is 3.82. The second kappa shape index (κ2) is 5.35. The normalized spacial score (nSPS) is 10.3. The second-order valence-corrected chi connectivity index (χ2v) is 3.82. The first-order valence-electron chi connectivity index (χ1n) is 5.73. The lowest BCUT2D eigenvalue weighted by Crippen LogP contribution is -2.00.